The Labute approximate surface area is 167 Å². The van der Waals surface area contributed by atoms with E-state index in [0.717, 1.165) is 5.56 Å². The quantitative estimate of drug-likeness (QED) is 0.575. The van der Waals surface area contributed by atoms with Gasteiger partial charge in [0.25, 0.3) is 11.8 Å². The third-order valence-corrected chi connectivity index (χ3v) is 4.47. The molecule has 8 heteroatoms. The number of amides is 2. The van der Waals surface area contributed by atoms with Gasteiger partial charge in [-0.05, 0) is 41.8 Å². The molecule has 1 heterocycles. The molecule has 7 nitrogen and oxygen atoms in total. The number of ether oxygens (including phenoxy) is 2. The third-order valence-electron chi connectivity index (χ3n) is 4.14. The summed E-state index contributed by atoms with van der Waals surface area (Å²) in [5.41, 5.74) is 3.52. The van der Waals surface area contributed by atoms with Crippen LogP contribution in [0.15, 0.2) is 47.6 Å². The van der Waals surface area contributed by atoms with Gasteiger partial charge in [-0.1, -0.05) is 37.6 Å². The summed E-state index contributed by atoms with van der Waals surface area (Å²) in [6.45, 7) is 3.85. The molecule has 0 saturated heterocycles. The van der Waals surface area contributed by atoms with Crippen molar-refractivity contribution < 1.29 is 19.1 Å². The minimum absolute atomic E-state index is 0.146. The summed E-state index contributed by atoms with van der Waals surface area (Å²) >= 11 is 6.05. The van der Waals surface area contributed by atoms with Crippen molar-refractivity contribution in [3.05, 3.63) is 58.6 Å². The molecule has 2 amide bonds. The van der Waals surface area contributed by atoms with E-state index in [1.54, 1.807) is 42.5 Å². The van der Waals surface area contributed by atoms with Gasteiger partial charge >= 0.3 is 0 Å². The molecule has 1 unspecified atom stereocenters. The number of benzene rings is 2. The van der Waals surface area contributed by atoms with E-state index >= 15 is 0 Å². The van der Waals surface area contributed by atoms with E-state index in [1.807, 2.05) is 13.8 Å². The molecule has 28 heavy (non-hydrogen) atoms. The molecule has 0 spiro atoms. The number of carbonyl (C=O) groups excluding carboxylic acids is 2. The first-order chi connectivity index (χ1) is 13.5. The Morgan fingerprint density at radius 3 is 2.64 bits per heavy atom. The second-order valence-corrected chi connectivity index (χ2v) is 6.93. The fourth-order valence-corrected chi connectivity index (χ4v) is 2.85. The zero-order valence-electron chi connectivity index (χ0n) is 15.4. The maximum absolute atomic E-state index is 12.5. The highest BCUT2D eigenvalue weighted by molar-refractivity contribution is 6.33. The van der Waals surface area contributed by atoms with E-state index in [2.05, 4.69) is 15.8 Å². The topological polar surface area (TPSA) is 89.0 Å². The summed E-state index contributed by atoms with van der Waals surface area (Å²) in [6.07, 6.45) is 1.49. The van der Waals surface area contributed by atoms with Gasteiger partial charge in [0.1, 0.15) is 6.04 Å². The maximum atomic E-state index is 12.5. The summed E-state index contributed by atoms with van der Waals surface area (Å²) in [5, 5.41) is 7.00. The van der Waals surface area contributed by atoms with Crippen LogP contribution in [0.5, 0.6) is 11.5 Å². The number of carbonyl (C=O) groups is 2. The van der Waals surface area contributed by atoms with Crippen LogP contribution >= 0.6 is 11.6 Å². The zero-order chi connectivity index (χ0) is 20.1. The number of hydrogen-bond donors (Lipinski definition) is 2. The smallest absolute Gasteiger partial charge is 0.262 e. The largest absolute Gasteiger partial charge is 0.454 e. The van der Waals surface area contributed by atoms with Crippen molar-refractivity contribution in [3.63, 3.8) is 0 Å². The average molecular weight is 402 g/mol. The molecule has 2 aromatic rings. The third kappa shape index (κ3) is 4.61. The molecule has 0 aromatic heterocycles. The van der Waals surface area contributed by atoms with Gasteiger partial charge in [-0.15, -0.1) is 0 Å². The van der Waals surface area contributed by atoms with Crippen LogP contribution in [0.25, 0.3) is 0 Å². The number of fused-ring (bicyclic) bond motifs is 1. The monoisotopic (exact) mass is 401 g/mol. The van der Waals surface area contributed by atoms with E-state index in [0.29, 0.717) is 22.1 Å². The molecule has 1 aliphatic rings. The van der Waals surface area contributed by atoms with E-state index in [-0.39, 0.29) is 12.7 Å². The lowest BCUT2D eigenvalue weighted by Gasteiger charge is -2.20. The van der Waals surface area contributed by atoms with Crippen molar-refractivity contribution in [2.45, 2.75) is 19.9 Å². The highest BCUT2D eigenvalue weighted by Crippen LogP contribution is 2.31. The number of rotatable bonds is 6. The second kappa shape index (κ2) is 8.75. The maximum Gasteiger partial charge on any atom is 0.262 e. The lowest BCUT2D eigenvalue weighted by atomic mass is 10.0. The number of halogens is 1. The molecule has 0 saturated carbocycles. The molecule has 1 atom stereocenters. The summed E-state index contributed by atoms with van der Waals surface area (Å²) in [4.78, 5) is 24.9. The molecule has 1 aliphatic heterocycles. The zero-order valence-corrected chi connectivity index (χ0v) is 16.2. The number of nitrogens with zero attached hydrogens (tertiary/aromatic N) is 1. The fraction of sp³-hybridized carbons (Fsp3) is 0.250. The highest BCUT2D eigenvalue weighted by Gasteiger charge is 2.25. The molecular weight excluding hydrogens is 382 g/mol. The predicted molar refractivity (Wildman–Crippen MR) is 106 cm³/mol. The molecule has 2 N–H and O–H groups in total. The summed E-state index contributed by atoms with van der Waals surface area (Å²) in [6, 6.07) is 11.2. The molecule has 0 bridgehead atoms. The van der Waals surface area contributed by atoms with Crippen molar-refractivity contribution in [3.8, 4) is 11.5 Å². The van der Waals surface area contributed by atoms with Crippen LogP contribution in [0, 0.1) is 5.92 Å². The van der Waals surface area contributed by atoms with E-state index in [9.17, 15) is 9.59 Å². The lowest BCUT2D eigenvalue weighted by molar-refractivity contribution is -0.123. The van der Waals surface area contributed by atoms with Crippen molar-refractivity contribution in [1.82, 2.24) is 10.7 Å². The van der Waals surface area contributed by atoms with Crippen molar-refractivity contribution in [2.75, 3.05) is 6.79 Å². The summed E-state index contributed by atoms with van der Waals surface area (Å²) in [7, 11) is 0. The number of hydrogen-bond acceptors (Lipinski definition) is 5. The minimum atomic E-state index is -0.766. The van der Waals surface area contributed by atoms with Crippen LogP contribution in [-0.2, 0) is 4.79 Å². The van der Waals surface area contributed by atoms with E-state index in [1.165, 1.54) is 6.21 Å². The summed E-state index contributed by atoms with van der Waals surface area (Å²) < 4.78 is 10.6. The fourth-order valence-electron chi connectivity index (χ4n) is 2.63. The van der Waals surface area contributed by atoms with Gasteiger partial charge in [0.15, 0.2) is 11.5 Å². The van der Waals surface area contributed by atoms with Crippen LogP contribution in [0.3, 0.4) is 0 Å². The van der Waals surface area contributed by atoms with Crippen LogP contribution in [0.2, 0.25) is 5.02 Å². The Morgan fingerprint density at radius 1 is 1.14 bits per heavy atom. The normalized spacial score (nSPS) is 13.6. The Kier molecular flexibility index (Phi) is 6.16. The standard InChI is InChI=1S/C20H20ClN3O4/c1-12(2)18(23-19(25)14-5-3-4-6-15(14)21)20(26)24-22-10-13-7-8-16-17(9-13)28-11-27-16/h3-10,12,18H,11H2,1-2H3,(H,23,25)(H,24,26)/b22-10-. The van der Waals surface area contributed by atoms with Crippen LogP contribution < -0.4 is 20.2 Å². The number of nitrogens with one attached hydrogen (secondary N) is 2. The average Bonchev–Trinajstić information content (AvgIpc) is 3.13. The van der Waals surface area contributed by atoms with Crippen molar-refractivity contribution >= 4 is 29.6 Å². The first-order valence-corrected chi connectivity index (χ1v) is 9.11. The van der Waals surface area contributed by atoms with E-state index < -0.39 is 17.9 Å². The minimum Gasteiger partial charge on any atom is -0.454 e. The van der Waals surface area contributed by atoms with Gasteiger partial charge in [0.05, 0.1) is 16.8 Å². The Bertz CT molecular complexity index is 914. The van der Waals surface area contributed by atoms with Crippen LogP contribution in [-0.4, -0.2) is 30.9 Å². The molecule has 2 aromatic carbocycles. The van der Waals surface area contributed by atoms with Gasteiger partial charge in [-0.25, -0.2) is 5.43 Å². The Balaban J connectivity index is 1.63. The van der Waals surface area contributed by atoms with Gasteiger partial charge < -0.3 is 14.8 Å². The van der Waals surface area contributed by atoms with Gasteiger partial charge in [-0.3, -0.25) is 9.59 Å². The molecule has 3 rings (SSSR count). The number of hydrazone groups is 1. The Hall–Kier alpha value is -3.06. The van der Waals surface area contributed by atoms with Gasteiger partial charge in [0.2, 0.25) is 6.79 Å². The Morgan fingerprint density at radius 2 is 1.89 bits per heavy atom. The highest BCUT2D eigenvalue weighted by atomic mass is 35.5. The SMILES string of the molecule is CC(C)C(NC(=O)c1ccccc1Cl)C(=O)N/N=C\c1ccc2c(c1)OCO2. The molecule has 146 valence electrons. The van der Waals surface area contributed by atoms with E-state index in [4.69, 9.17) is 21.1 Å². The van der Waals surface area contributed by atoms with Crippen LogP contribution in [0.1, 0.15) is 29.8 Å². The van der Waals surface area contributed by atoms with Crippen molar-refractivity contribution in [1.29, 1.82) is 0 Å². The molecule has 0 aliphatic carbocycles. The first-order valence-electron chi connectivity index (χ1n) is 8.73. The molecular formula is C20H20ClN3O4. The van der Waals surface area contributed by atoms with Gasteiger partial charge in [0, 0.05) is 0 Å². The summed E-state index contributed by atoms with van der Waals surface area (Å²) in [5.74, 6) is 0.310. The van der Waals surface area contributed by atoms with Crippen LogP contribution in [0.4, 0.5) is 0 Å². The van der Waals surface area contributed by atoms with Crippen molar-refractivity contribution in [2.24, 2.45) is 11.0 Å². The first kappa shape index (κ1) is 19.7. The second-order valence-electron chi connectivity index (χ2n) is 6.52. The molecule has 0 radical (unpaired) electrons. The predicted octanol–water partition coefficient (Wildman–Crippen LogP) is 2.97. The molecule has 0 fully saturated rings. The van der Waals surface area contributed by atoms with Gasteiger partial charge in [-0.2, -0.15) is 5.10 Å². The lowest BCUT2D eigenvalue weighted by Crippen LogP contribution is -2.48.